The van der Waals surface area contributed by atoms with E-state index in [1.807, 2.05) is 24.5 Å². The number of nitrogens with zero attached hydrogens (tertiary/aromatic N) is 2. The Balaban J connectivity index is 2.13. The molecule has 3 aromatic rings. The zero-order valence-electron chi connectivity index (χ0n) is 9.64. The summed E-state index contributed by atoms with van der Waals surface area (Å²) in [6.45, 7) is 2.10. The number of H-pyrrole nitrogens is 1. The summed E-state index contributed by atoms with van der Waals surface area (Å²) in [6, 6.07) is 10.3. The van der Waals surface area contributed by atoms with Crippen LogP contribution in [0.5, 0.6) is 0 Å². The molecule has 3 rings (SSSR count). The molecule has 3 heteroatoms. The number of pyridine rings is 1. The molecule has 0 saturated heterocycles. The smallest absolute Gasteiger partial charge is 0.106 e. The van der Waals surface area contributed by atoms with E-state index in [1.54, 1.807) is 0 Å². The average Bonchev–Trinajstić information content (AvgIpc) is 2.81. The van der Waals surface area contributed by atoms with Crippen LogP contribution in [0.2, 0.25) is 0 Å². The van der Waals surface area contributed by atoms with E-state index in [0.29, 0.717) is 0 Å². The highest BCUT2D eigenvalue weighted by Gasteiger charge is 2.03. The van der Waals surface area contributed by atoms with Gasteiger partial charge in [0.1, 0.15) is 5.82 Å². The first-order valence-electron chi connectivity index (χ1n) is 5.76. The first-order chi connectivity index (χ1) is 8.36. The van der Waals surface area contributed by atoms with Gasteiger partial charge in [0.25, 0.3) is 0 Å². The number of aromatic amines is 1. The molecule has 0 radical (unpaired) electrons. The summed E-state index contributed by atoms with van der Waals surface area (Å²) >= 11 is 0. The van der Waals surface area contributed by atoms with Crippen LogP contribution in [-0.2, 0) is 6.42 Å². The fraction of sp³-hybridized carbons (Fsp3) is 0.143. The molecule has 1 N–H and O–H groups in total. The van der Waals surface area contributed by atoms with E-state index in [9.17, 15) is 0 Å². The molecule has 0 spiro atoms. The molecule has 84 valence electrons. The van der Waals surface area contributed by atoms with Crippen LogP contribution in [0.1, 0.15) is 12.7 Å². The molecule has 2 heterocycles. The van der Waals surface area contributed by atoms with E-state index >= 15 is 0 Å². The van der Waals surface area contributed by atoms with E-state index in [-0.39, 0.29) is 0 Å². The molecular formula is C14H13N3. The predicted molar refractivity (Wildman–Crippen MR) is 68.7 cm³/mol. The number of rotatable bonds is 2. The minimum atomic E-state index is 0.930. The molecule has 0 aliphatic carbocycles. The SMILES string of the molecule is CCc1nc2cc(-c3ccncc3)ccc2[nH]1. The number of imidazole rings is 1. The molecule has 17 heavy (non-hydrogen) atoms. The van der Waals surface area contributed by atoms with Gasteiger partial charge in [-0.05, 0) is 35.4 Å². The first kappa shape index (κ1) is 10.0. The van der Waals surface area contributed by atoms with Crippen molar-refractivity contribution in [3.63, 3.8) is 0 Å². The Bertz CT molecular complexity index is 641. The van der Waals surface area contributed by atoms with Crippen molar-refractivity contribution in [3.8, 4) is 11.1 Å². The number of hydrogen-bond acceptors (Lipinski definition) is 2. The summed E-state index contributed by atoms with van der Waals surface area (Å²) in [6.07, 6.45) is 4.54. The van der Waals surface area contributed by atoms with Crippen LogP contribution in [0.4, 0.5) is 0 Å². The van der Waals surface area contributed by atoms with Crippen LogP contribution >= 0.6 is 0 Å². The lowest BCUT2D eigenvalue weighted by Crippen LogP contribution is -1.79. The Hall–Kier alpha value is -2.16. The Kier molecular flexibility index (Phi) is 2.37. The predicted octanol–water partition coefficient (Wildman–Crippen LogP) is 3.19. The summed E-state index contributed by atoms with van der Waals surface area (Å²) in [5.41, 5.74) is 4.47. The van der Waals surface area contributed by atoms with Crippen molar-refractivity contribution in [2.24, 2.45) is 0 Å². The summed E-state index contributed by atoms with van der Waals surface area (Å²) in [4.78, 5) is 11.9. The lowest BCUT2D eigenvalue weighted by molar-refractivity contribution is 1.00. The normalized spacial score (nSPS) is 10.9. The average molecular weight is 223 g/mol. The molecule has 0 unspecified atom stereocenters. The van der Waals surface area contributed by atoms with Gasteiger partial charge in [-0.1, -0.05) is 13.0 Å². The van der Waals surface area contributed by atoms with Crippen molar-refractivity contribution >= 4 is 11.0 Å². The second-order valence-corrected chi connectivity index (χ2v) is 4.00. The van der Waals surface area contributed by atoms with Gasteiger partial charge >= 0.3 is 0 Å². The molecule has 1 aromatic carbocycles. The molecule has 0 saturated carbocycles. The lowest BCUT2D eigenvalue weighted by atomic mass is 10.1. The minimum Gasteiger partial charge on any atom is -0.342 e. The maximum Gasteiger partial charge on any atom is 0.106 e. The van der Waals surface area contributed by atoms with Gasteiger partial charge in [0.15, 0.2) is 0 Å². The molecule has 0 atom stereocenters. The quantitative estimate of drug-likeness (QED) is 0.725. The largest absolute Gasteiger partial charge is 0.342 e. The van der Waals surface area contributed by atoms with Crippen molar-refractivity contribution in [2.45, 2.75) is 13.3 Å². The highest BCUT2D eigenvalue weighted by molar-refractivity contribution is 5.81. The number of aryl methyl sites for hydroxylation is 1. The molecule has 0 amide bonds. The number of hydrogen-bond donors (Lipinski definition) is 1. The number of fused-ring (bicyclic) bond motifs is 1. The zero-order valence-corrected chi connectivity index (χ0v) is 9.64. The van der Waals surface area contributed by atoms with Crippen molar-refractivity contribution in [3.05, 3.63) is 48.5 Å². The van der Waals surface area contributed by atoms with E-state index in [2.05, 4.69) is 40.1 Å². The fourth-order valence-electron chi connectivity index (χ4n) is 1.95. The van der Waals surface area contributed by atoms with Crippen LogP contribution in [0.3, 0.4) is 0 Å². The highest BCUT2D eigenvalue weighted by Crippen LogP contribution is 2.22. The molecule has 2 aromatic heterocycles. The fourth-order valence-corrected chi connectivity index (χ4v) is 1.95. The topological polar surface area (TPSA) is 41.6 Å². The van der Waals surface area contributed by atoms with E-state index in [0.717, 1.165) is 23.3 Å². The Morgan fingerprint density at radius 1 is 1.06 bits per heavy atom. The number of benzene rings is 1. The van der Waals surface area contributed by atoms with Crippen molar-refractivity contribution in [2.75, 3.05) is 0 Å². The van der Waals surface area contributed by atoms with Gasteiger partial charge in [-0.25, -0.2) is 4.98 Å². The number of aromatic nitrogens is 3. The van der Waals surface area contributed by atoms with E-state index in [1.165, 1.54) is 11.1 Å². The van der Waals surface area contributed by atoms with Gasteiger partial charge in [-0.15, -0.1) is 0 Å². The minimum absolute atomic E-state index is 0.930. The molecule has 0 aliphatic heterocycles. The molecular weight excluding hydrogens is 210 g/mol. The van der Waals surface area contributed by atoms with Gasteiger partial charge < -0.3 is 4.98 Å². The van der Waals surface area contributed by atoms with Gasteiger partial charge in [-0.3, -0.25) is 4.98 Å². The third-order valence-electron chi connectivity index (χ3n) is 2.88. The second kappa shape index (κ2) is 4.01. The van der Waals surface area contributed by atoms with E-state index < -0.39 is 0 Å². The third kappa shape index (κ3) is 1.80. The third-order valence-corrected chi connectivity index (χ3v) is 2.88. The Morgan fingerprint density at radius 3 is 2.65 bits per heavy atom. The standard InChI is InChI=1S/C14H13N3/c1-2-14-16-12-4-3-11(9-13(12)17-14)10-5-7-15-8-6-10/h3-9H,2H2,1H3,(H,16,17). The molecule has 0 aliphatic rings. The van der Waals surface area contributed by atoms with Gasteiger partial charge in [0.2, 0.25) is 0 Å². The molecule has 3 nitrogen and oxygen atoms in total. The lowest BCUT2D eigenvalue weighted by Gasteiger charge is -1.99. The Morgan fingerprint density at radius 2 is 1.88 bits per heavy atom. The zero-order chi connectivity index (χ0) is 11.7. The molecule has 0 fully saturated rings. The van der Waals surface area contributed by atoms with Crippen molar-refractivity contribution in [1.82, 2.24) is 15.0 Å². The van der Waals surface area contributed by atoms with Crippen LogP contribution in [0.25, 0.3) is 22.2 Å². The van der Waals surface area contributed by atoms with Crippen LogP contribution in [0, 0.1) is 0 Å². The van der Waals surface area contributed by atoms with Gasteiger partial charge in [0, 0.05) is 18.8 Å². The first-order valence-corrected chi connectivity index (χ1v) is 5.76. The summed E-state index contributed by atoms with van der Waals surface area (Å²) in [7, 11) is 0. The monoisotopic (exact) mass is 223 g/mol. The summed E-state index contributed by atoms with van der Waals surface area (Å²) in [5.74, 6) is 1.03. The van der Waals surface area contributed by atoms with Crippen LogP contribution < -0.4 is 0 Å². The number of nitrogens with one attached hydrogen (secondary N) is 1. The summed E-state index contributed by atoms with van der Waals surface area (Å²) in [5, 5.41) is 0. The van der Waals surface area contributed by atoms with Crippen molar-refractivity contribution in [1.29, 1.82) is 0 Å². The highest BCUT2D eigenvalue weighted by atomic mass is 14.9. The van der Waals surface area contributed by atoms with Crippen LogP contribution in [-0.4, -0.2) is 15.0 Å². The molecule has 0 bridgehead atoms. The maximum atomic E-state index is 4.55. The second-order valence-electron chi connectivity index (χ2n) is 4.00. The van der Waals surface area contributed by atoms with Crippen LogP contribution in [0.15, 0.2) is 42.7 Å². The van der Waals surface area contributed by atoms with Gasteiger partial charge in [-0.2, -0.15) is 0 Å². The van der Waals surface area contributed by atoms with E-state index in [4.69, 9.17) is 0 Å². The maximum absolute atomic E-state index is 4.55. The summed E-state index contributed by atoms with van der Waals surface area (Å²) < 4.78 is 0. The van der Waals surface area contributed by atoms with Gasteiger partial charge in [0.05, 0.1) is 11.0 Å². The van der Waals surface area contributed by atoms with Crippen molar-refractivity contribution < 1.29 is 0 Å². The Labute approximate surface area is 99.5 Å².